The van der Waals surface area contributed by atoms with Crippen LogP contribution in [0.3, 0.4) is 0 Å². The van der Waals surface area contributed by atoms with Crippen LogP contribution in [0.4, 0.5) is 0 Å². The maximum absolute atomic E-state index is 11.2. The number of esters is 1. The van der Waals surface area contributed by atoms with Gasteiger partial charge in [0.15, 0.2) is 0 Å². The Morgan fingerprint density at radius 1 is 1.56 bits per heavy atom. The Morgan fingerprint density at radius 3 is 2.88 bits per heavy atom. The smallest absolute Gasteiger partial charge is 0.308 e. The molecular formula is C12H19NO3. The SMILES string of the molecule is COC(=O)C(C)CC(C)NCc1ccco1. The molecular weight excluding hydrogens is 206 g/mol. The molecule has 0 aromatic carbocycles. The van der Waals surface area contributed by atoms with E-state index in [1.807, 2.05) is 26.0 Å². The number of carbonyl (C=O) groups excluding carboxylic acids is 1. The van der Waals surface area contributed by atoms with Gasteiger partial charge < -0.3 is 14.5 Å². The van der Waals surface area contributed by atoms with Gasteiger partial charge in [-0.1, -0.05) is 6.92 Å². The third-order valence-corrected chi connectivity index (χ3v) is 2.52. The highest BCUT2D eigenvalue weighted by Crippen LogP contribution is 2.08. The number of methoxy groups -OCH3 is 1. The van der Waals surface area contributed by atoms with Crippen molar-refractivity contribution >= 4 is 5.97 Å². The number of hydrogen-bond acceptors (Lipinski definition) is 4. The van der Waals surface area contributed by atoms with Crippen LogP contribution in [0, 0.1) is 5.92 Å². The van der Waals surface area contributed by atoms with E-state index in [1.54, 1.807) is 6.26 Å². The maximum Gasteiger partial charge on any atom is 0.308 e. The first kappa shape index (κ1) is 12.8. The number of furan rings is 1. The number of rotatable bonds is 6. The molecule has 1 aromatic rings. The highest BCUT2D eigenvalue weighted by atomic mass is 16.5. The molecule has 1 aromatic heterocycles. The molecule has 0 radical (unpaired) electrons. The Bertz CT molecular complexity index is 308. The van der Waals surface area contributed by atoms with Crippen molar-refractivity contribution in [1.82, 2.24) is 5.32 Å². The third-order valence-electron chi connectivity index (χ3n) is 2.52. The normalized spacial score (nSPS) is 14.4. The standard InChI is InChI=1S/C12H19NO3/c1-9(12(14)15-3)7-10(2)13-8-11-5-4-6-16-11/h4-6,9-10,13H,7-8H2,1-3H3. The van der Waals surface area contributed by atoms with Gasteiger partial charge in [-0.2, -0.15) is 0 Å². The fourth-order valence-corrected chi connectivity index (χ4v) is 1.60. The zero-order valence-electron chi connectivity index (χ0n) is 10.0. The van der Waals surface area contributed by atoms with Gasteiger partial charge in [-0.25, -0.2) is 0 Å². The van der Waals surface area contributed by atoms with Crippen LogP contribution in [-0.4, -0.2) is 19.1 Å². The summed E-state index contributed by atoms with van der Waals surface area (Å²) in [6, 6.07) is 4.03. The Hall–Kier alpha value is -1.29. The van der Waals surface area contributed by atoms with Gasteiger partial charge in [-0.3, -0.25) is 4.79 Å². The Labute approximate surface area is 96.0 Å². The third kappa shape index (κ3) is 4.06. The summed E-state index contributed by atoms with van der Waals surface area (Å²) in [7, 11) is 1.42. The minimum Gasteiger partial charge on any atom is -0.469 e. The average Bonchev–Trinajstić information content (AvgIpc) is 2.78. The van der Waals surface area contributed by atoms with Crippen molar-refractivity contribution in [3.8, 4) is 0 Å². The first-order valence-corrected chi connectivity index (χ1v) is 5.47. The Balaban J connectivity index is 2.25. The van der Waals surface area contributed by atoms with Crippen LogP contribution in [0.2, 0.25) is 0 Å². The lowest BCUT2D eigenvalue weighted by Gasteiger charge is -2.16. The molecule has 0 fully saturated rings. The number of carbonyl (C=O) groups is 1. The van der Waals surface area contributed by atoms with Crippen molar-refractivity contribution in [2.75, 3.05) is 7.11 Å². The van der Waals surface area contributed by atoms with Gasteiger partial charge in [-0.15, -0.1) is 0 Å². The van der Waals surface area contributed by atoms with Crippen LogP contribution in [0.1, 0.15) is 26.0 Å². The highest BCUT2D eigenvalue weighted by molar-refractivity contribution is 5.71. The summed E-state index contributed by atoms with van der Waals surface area (Å²) in [6.07, 6.45) is 2.41. The van der Waals surface area contributed by atoms with Crippen molar-refractivity contribution < 1.29 is 13.9 Å². The van der Waals surface area contributed by atoms with Gasteiger partial charge in [0.25, 0.3) is 0 Å². The molecule has 0 aliphatic rings. The van der Waals surface area contributed by atoms with Crippen LogP contribution in [0.5, 0.6) is 0 Å². The summed E-state index contributed by atoms with van der Waals surface area (Å²) >= 11 is 0. The summed E-state index contributed by atoms with van der Waals surface area (Å²) < 4.78 is 9.88. The van der Waals surface area contributed by atoms with Gasteiger partial charge >= 0.3 is 5.97 Å². The van der Waals surface area contributed by atoms with Gasteiger partial charge in [0.2, 0.25) is 0 Å². The van der Waals surface area contributed by atoms with Gasteiger partial charge in [0, 0.05) is 6.04 Å². The topological polar surface area (TPSA) is 51.5 Å². The van der Waals surface area contributed by atoms with Gasteiger partial charge in [0.05, 0.1) is 25.8 Å². The maximum atomic E-state index is 11.2. The predicted octanol–water partition coefficient (Wildman–Crippen LogP) is 1.96. The summed E-state index contributed by atoms with van der Waals surface area (Å²) in [5, 5.41) is 3.29. The van der Waals surface area contributed by atoms with E-state index in [-0.39, 0.29) is 17.9 Å². The van der Waals surface area contributed by atoms with Crippen molar-refractivity contribution in [1.29, 1.82) is 0 Å². The molecule has 0 saturated carbocycles. The van der Waals surface area contributed by atoms with Crippen LogP contribution in [0.15, 0.2) is 22.8 Å². The Morgan fingerprint density at radius 2 is 2.31 bits per heavy atom. The molecule has 0 amide bonds. The van der Waals surface area contributed by atoms with Crippen molar-refractivity contribution in [3.05, 3.63) is 24.2 Å². The van der Waals surface area contributed by atoms with E-state index in [1.165, 1.54) is 7.11 Å². The molecule has 0 aliphatic carbocycles. The van der Waals surface area contributed by atoms with Crippen LogP contribution in [0.25, 0.3) is 0 Å². The van der Waals surface area contributed by atoms with E-state index in [0.29, 0.717) is 6.54 Å². The lowest BCUT2D eigenvalue weighted by molar-refractivity contribution is -0.145. The van der Waals surface area contributed by atoms with E-state index in [0.717, 1.165) is 12.2 Å². The molecule has 0 aliphatic heterocycles. The number of hydrogen-bond donors (Lipinski definition) is 1. The molecule has 4 heteroatoms. The second-order valence-corrected chi connectivity index (χ2v) is 4.02. The quantitative estimate of drug-likeness (QED) is 0.752. The first-order chi connectivity index (χ1) is 7.63. The van der Waals surface area contributed by atoms with Crippen molar-refractivity contribution in [2.45, 2.75) is 32.9 Å². The van der Waals surface area contributed by atoms with Crippen LogP contribution in [-0.2, 0) is 16.1 Å². The van der Waals surface area contributed by atoms with Crippen molar-refractivity contribution in [3.63, 3.8) is 0 Å². The second kappa shape index (κ2) is 6.33. The molecule has 2 atom stereocenters. The van der Waals surface area contributed by atoms with Gasteiger partial charge in [-0.05, 0) is 25.5 Å². The molecule has 0 bridgehead atoms. The lowest BCUT2D eigenvalue weighted by atomic mass is 10.0. The minimum atomic E-state index is -0.161. The van der Waals surface area contributed by atoms with E-state index >= 15 is 0 Å². The predicted molar refractivity (Wildman–Crippen MR) is 60.8 cm³/mol. The van der Waals surface area contributed by atoms with E-state index in [9.17, 15) is 4.79 Å². The summed E-state index contributed by atoms with van der Waals surface area (Å²) in [5.74, 6) is 0.660. The molecule has 1 heterocycles. The van der Waals surface area contributed by atoms with Crippen LogP contribution >= 0.6 is 0 Å². The van der Waals surface area contributed by atoms with E-state index < -0.39 is 0 Å². The molecule has 2 unspecified atom stereocenters. The number of nitrogens with one attached hydrogen (secondary N) is 1. The zero-order chi connectivity index (χ0) is 12.0. The fourth-order valence-electron chi connectivity index (χ4n) is 1.60. The first-order valence-electron chi connectivity index (χ1n) is 5.47. The summed E-state index contributed by atoms with van der Waals surface area (Å²) in [4.78, 5) is 11.2. The van der Waals surface area contributed by atoms with E-state index in [4.69, 9.17) is 4.42 Å². The van der Waals surface area contributed by atoms with Gasteiger partial charge in [0.1, 0.15) is 5.76 Å². The molecule has 90 valence electrons. The van der Waals surface area contributed by atoms with Crippen LogP contribution < -0.4 is 5.32 Å². The largest absolute Gasteiger partial charge is 0.469 e. The minimum absolute atomic E-state index is 0.0795. The lowest BCUT2D eigenvalue weighted by Crippen LogP contribution is -2.29. The fraction of sp³-hybridized carbons (Fsp3) is 0.583. The van der Waals surface area contributed by atoms with E-state index in [2.05, 4.69) is 10.1 Å². The zero-order valence-corrected chi connectivity index (χ0v) is 10.0. The molecule has 1 rings (SSSR count). The summed E-state index contributed by atoms with van der Waals surface area (Å²) in [5.41, 5.74) is 0. The molecule has 0 spiro atoms. The van der Waals surface area contributed by atoms with Crippen molar-refractivity contribution in [2.24, 2.45) is 5.92 Å². The molecule has 1 N–H and O–H groups in total. The number of ether oxygens (including phenoxy) is 1. The Kier molecular flexibility index (Phi) is 5.05. The molecule has 16 heavy (non-hydrogen) atoms. The molecule has 0 saturated heterocycles. The average molecular weight is 225 g/mol. The monoisotopic (exact) mass is 225 g/mol. The highest BCUT2D eigenvalue weighted by Gasteiger charge is 2.16. The molecule has 4 nitrogen and oxygen atoms in total. The summed E-state index contributed by atoms with van der Waals surface area (Å²) in [6.45, 7) is 4.60. The second-order valence-electron chi connectivity index (χ2n) is 4.02.